The van der Waals surface area contributed by atoms with Crippen molar-refractivity contribution < 1.29 is 28.2 Å². The van der Waals surface area contributed by atoms with Crippen LogP contribution in [0.4, 0.5) is 14.0 Å². The molecule has 1 N–H and O–H groups in total. The Morgan fingerprint density at radius 1 is 1.29 bits per heavy atom. The van der Waals surface area contributed by atoms with Gasteiger partial charge in [-0.3, -0.25) is 4.79 Å². The van der Waals surface area contributed by atoms with Crippen molar-refractivity contribution in [3.05, 3.63) is 35.9 Å². The fourth-order valence-electron chi connectivity index (χ4n) is 3.46. The molecule has 0 unspecified atom stereocenters. The minimum absolute atomic E-state index is 0.0845. The third-order valence-electron chi connectivity index (χ3n) is 5.01. The summed E-state index contributed by atoms with van der Waals surface area (Å²) >= 11 is 0. The van der Waals surface area contributed by atoms with Crippen molar-refractivity contribution >= 4 is 18.1 Å². The highest BCUT2D eigenvalue weighted by atomic mass is 19.1. The zero-order chi connectivity index (χ0) is 20.7. The lowest BCUT2D eigenvalue weighted by molar-refractivity contribution is -0.150. The summed E-state index contributed by atoms with van der Waals surface area (Å²) in [6.45, 7) is 6.70. The van der Waals surface area contributed by atoms with Crippen LogP contribution in [0.1, 0.15) is 52.2 Å². The van der Waals surface area contributed by atoms with Crippen LogP contribution in [-0.4, -0.2) is 46.3 Å². The number of hydrogen-bond acceptors (Lipinski definition) is 5. The number of alkyl halides is 1. The second-order valence-corrected chi connectivity index (χ2v) is 8.23. The zero-order valence-electron chi connectivity index (χ0n) is 16.4. The van der Waals surface area contributed by atoms with Crippen LogP contribution in [-0.2, 0) is 14.3 Å². The van der Waals surface area contributed by atoms with Crippen molar-refractivity contribution in [1.82, 2.24) is 10.2 Å². The lowest BCUT2D eigenvalue weighted by Gasteiger charge is -2.43. The van der Waals surface area contributed by atoms with Gasteiger partial charge in [-0.2, -0.15) is 0 Å². The Kier molecular flexibility index (Phi) is 5.08. The number of halogens is 1. The Balaban J connectivity index is 1.72. The van der Waals surface area contributed by atoms with E-state index in [1.54, 1.807) is 52.0 Å². The quantitative estimate of drug-likeness (QED) is 0.851. The molecule has 1 aliphatic heterocycles. The van der Waals surface area contributed by atoms with Gasteiger partial charge in [0.25, 0.3) is 5.91 Å². The van der Waals surface area contributed by atoms with E-state index in [1.165, 1.54) is 0 Å². The van der Waals surface area contributed by atoms with E-state index in [4.69, 9.17) is 9.47 Å². The largest absolute Gasteiger partial charge is 0.444 e. The molecule has 1 heterocycles. The molecular formula is C20H25FN2O5. The number of cyclic esters (lactones) is 1. The van der Waals surface area contributed by atoms with Crippen molar-refractivity contribution in [3.63, 3.8) is 0 Å². The predicted octanol–water partition coefficient (Wildman–Crippen LogP) is 3.49. The van der Waals surface area contributed by atoms with Gasteiger partial charge in [-0.15, -0.1) is 0 Å². The molecule has 8 heteroatoms. The first-order valence-electron chi connectivity index (χ1n) is 9.30. The van der Waals surface area contributed by atoms with Gasteiger partial charge in [0.05, 0.1) is 12.1 Å². The Bertz CT molecular complexity index is 779. The summed E-state index contributed by atoms with van der Waals surface area (Å²) < 4.78 is 25.9. The van der Waals surface area contributed by atoms with Crippen LogP contribution in [0.3, 0.4) is 0 Å². The summed E-state index contributed by atoms with van der Waals surface area (Å²) in [6, 6.07) is 7.26. The number of carbonyl (C=O) groups is 3. The molecule has 152 valence electrons. The number of imide groups is 1. The molecule has 0 aromatic heterocycles. The topological polar surface area (TPSA) is 84.9 Å². The van der Waals surface area contributed by atoms with Crippen molar-refractivity contribution in [2.45, 2.75) is 70.0 Å². The summed E-state index contributed by atoms with van der Waals surface area (Å²) in [5.74, 6) is -0.990. The van der Waals surface area contributed by atoms with Crippen LogP contribution >= 0.6 is 0 Å². The molecule has 1 aromatic carbocycles. The fraction of sp³-hybridized carbons (Fsp3) is 0.550. The highest BCUT2D eigenvalue weighted by Gasteiger charge is 2.60. The van der Waals surface area contributed by atoms with Gasteiger partial charge in [-0.1, -0.05) is 30.3 Å². The number of nitrogens with zero attached hydrogens (tertiary/aromatic N) is 1. The SMILES string of the molecule is C[C@H]1[C@@H](c2ccccc2)OC(=O)N1C(=O)[C@@]1(F)CC[C@H]1NC(=O)OC(C)(C)C. The Morgan fingerprint density at radius 3 is 2.46 bits per heavy atom. The highest BCUT2D eigenvalue weighted by Crippen LogP contribution is 2.42. The minimum atomic E-state index is -2.37. The molecule has 1 aliphatic carbocycles. The number of carbonyl (C=O) groups excluding carboxylic acids is 3. The average molecular weight is 392 g/mol. The van der Waals surface area contributed by atoms with Gasteiger partial charge in [0.2, 0.25) is 5.67 Å². The van der Waals surface area contributed by atoms with Gasteiger partial charge >= 0.3 is 12.2 Å². The smallest absolute Gasteiger partial charge is 0.417 e. The molecule has 0 radical (unpaired) electrons. The maximum Gasteiger partial charge on any atom is 0.417 e. The van der Waals surface area contributed by atoms with Crippen LogP contribution in [0, 0.1) is 0 Å². The molecule has 1 saturated heterocycles. The Hall–Kier alpha value is -2.64. The van der Waals surface area contributed by atoms with Gasteiger partial charge in [0, 0.05) is 0 Å². The van der Waals surface area contributed by atoms with Crippen LogP contribution in [0.25, 0.3) is 0 Å². The Labute approximate surface area is 163 Å². The maximum atomic E-state index is 15.4. The van der Waals surface area contributed by atoms with E-state index in [2.05, 4.69) is 5.32 Å². The lowest BCUT2D eigenvalue weighted by Crippen LogP contribution is -2.66. The third kappa shape index (κ3) is 3.68. The molecule has 2 aliphatic rings. The average Bonchev–Trinajstić information content (AvgIpc) is 2.91. The van der Waals surface area contributed by atoms with Crippen molar-refractivity contribution in [3.8, 4) is 0 Å². The second kappa shape index (κ2) is 7.07. The van der Waals surface area contributed by atoms with E-state index < -0.39 is 47.6 Å². The van der Waals surface area contributed by atoms with Crippen LogP contribution in [0.2, 0.25) is 0 Å². The van der Waals surface area contributed by atoms with E-state index >= 15 is 4.39 Å². The van der Waals surface area contributed by atoms with Gasteiger partial charge < -0.3 is 14.8 Å². The standard InChI is InChI=1S/C20H25FN2O5/c1-12-15(13-8-6-5-7-9-13)27-18(26)23(12)16(24)20(21)11-10-14(20)22-17(25)28-19(2,3)4/h5-9,12,14-15H,10-11H2,1-4H3,(H,22,25)/t12-,14+,15-,20+/m0/s1. The summed E-state index contributed by atoms with van der Waals surface area (Å²) in [5, 5.41) is 2.40. The van der Waals surface area contributed by atoms with Crippen LogP contribution < -0.4 is 5.32 Å². The molecule has 0 bridgehead atoms. The van der Waals surface area contributed by atoms with Crippen molar-refractivity contribution in [1.29, 1.82) is 0 Å². The molecule has 2 fully saturated rings. The van der Waals surface area contributed by atoms with Crippen LogP contribution in [0.5, 0.6) is 0 Å². The second-order valence-electron chi connectivity index (χ2n) is 8.23. The molecule has 1 saturated carbocycles. The van der Waals surface area contributed by atoms with E-state index in [1.807, 2.05) is 6.07 Å². The van der Waals surface area contributed by atoms with Crippen molar-refractivity contribution in [2.75, 3.05) is 0 Å². The summed E-state index contributed by atoms with van der Waals surface area (Å²) in [5.41, 5.74) is -2.38. The molecule has 4 atom stereocenters. The minimum Gasteiger partial charge on any atom is -0.444 e. The normalized spacial score (nSPS) is 29.7. The molecule has 3 rings (SSSR count). The number of nitrogens with one attached hydrogen (secondary N) is 1. The number of ether oxygens (including phenoxy) is 2. The molecule has 3 amide bonds. The fourth-order valence-corrected chi connectivity index (χ4v) is 3.46. The van der Waals surface area contributed by atoms with Gasteiger partial charge in [-0.05, 0) is 46.1 Å². The number of benzene rings is 1. The molecule has 0 spiro atoms. The maximum absolute atomic E-state index is 15.4. The number of hydrogen-bond donors (Lipinski definition) is 1. The van der Waals surface area contributed by atoms with Gasteiger partial charge in [0.1, 0.15) is 11.7 Å². The molecular weight excluding hydrogens is 367 g/mol. The molecule has 28 heavy (non-hydrogen) atoms. The Morgan fingerprint density at radius 2 is 1.93 bits per heavy atom. The first-order chi connectivity index (χ1) is 13.0. The highest BCUT2D eigenvalue weighted by molar-refractivity contribution is 5.99. The predicted molar refractivity (Wildman–Crippen MR) is 98.2 cm³/mol. The van der Waals surface area contributed by atoms with Gasteiger partial charge in [0.15, 0.2) is 0 Å². The van der Waals surface area contributed by atoms with Crippen molar-refractivity contribution in [2.24, 2.45) is 0 Å². The van der Waals surface area contributed by atoms with Gasteiger partial charge in [-0.25, -0.2) is 18.9 Å². The van der Waals surface area contributed by atoms with E-state index in [0.29, 0.717) is 0 Å². The number of alkyl carbamates (subject to hydrolysis) is 1. The third-order valence-corrected chi connectivity index (χ3v) is 5.01. The monoisotopic (exact) mass is 392 g/mol. The first-order valence-corrected chi connectivity index (χ1v) is 9.30. The summed E-state index contributed by atoms with van der Waals surface area (Å²) in [7, 11) is 0. The number of amides is 3. The lowest BCUT2D eigenvalue weighted by atomic mass is 9.75. The summed E-state index contributed by atoms with van der Waals surface area (Å²) in [4.78, 5) is 38.0. The molecule has 1 aromatic rings. The molecule has 7 nitrogen and oxygen atoms in total. The van der Waals surface area contributed by atoms with Crippen LogP contribution in [0.15, 0.2) is 30.3 Å². The first kappa shape index (κ1) is 20.1. The van der Waals surface area contributed by atoms with E-state index in [-0.39, 0.29) is 12.8 Å². The summed E-state index contributed by atoms with van der Waals surface area (Å²) in [6.07, 6.45) is -2.16. The number of rotatable bonds is 3. The zero-order valence-corrected chi connectivity index (χ0v) is 16.4. The van der Waals surface area contributed by atoms with E-state index in [9.17, 15) is 14.4 Å². The van der Waals surface area contributed by atoms with E-state index in [0.717, 1.165) is 10.5 Å².